The molecular formula is C15H15BrClNO2. The molecule has 0 N–H and O–H groups in total. The van der Waals surface area contributed by atoms with Crippen molar-refractivity contribution < 1.29 is 9.47 Å². The monoisotopic (exact) mass is 355 g/mol. The van der Waals surface area contributed by atoms with Crippen LogP contribution in [0, 0.1) is 6.92 Å². The van der Waals surface area contributed by atoms with E-state index in [1.807, 2.05) is 37.3 Å². The molecule has 1 heterocycles. The number of hydrogen-bond acceptors (Lipinski definition) is 3. The van der Waals surface area contributed by atoms with Gasteiger partial charge < -0.3 is 9.47 Å². The third-order valence-electron chi connectivity index (χ3n) is 2.76. The zero-order valence-corrected chi connectivity index (χ0v) is 13.7. The van der Waals surface area contributed by atoms with Gasteiger partial charge in [-0.05, 0) is 25.1 Å². The molecule has 5 heteroatoms. The molecule has 0 bridgehead atoms. The Morgan fingerprint density at radius 2 is 2.05 bits per heavy atom. The zero-order valence-electron chi connectivity index (χ0n) is 11.3. The fourth-order valence-electron chi connectivity index (χ4n) is 1.84. The maximum atomic E-state index is 5.92. The van der Waals surface area contributed by atoms with Gasteiger partial charge in [0.2, 0.25) is 0 Å². The van der Waals surface area contributed by atoms with Gasteiger partial charge in [-0.3, -0.25) is 4.98 Å². The molecule has 0 aliphatic rings. The van der Waals surface area contributed by atoms with Crippen molar-refractivity contribution >= 4 is 27.5 Å². The number of ether oxygens (including phenoxy) is 2. The normalized spacial score (nSPS) is 10.4. The number of rotatable bonds is 5. The van der Waals surface area contributed by atoms with Crippen molar-refractivity contribution in [3.63, 3.8) is 0 Å². The number of alkyl halides is 1. The van der Waals surface area contributed by atoms with Crippen LogP contribution in [0.1, 0.15) is 17.0 Å². The Kier molecular flexibility index (Phi) is 5.26. The summed E-state index contributed by atoms with van der Waals surface area (Å²) in [5.74, 6) is 1.95. The number of aromatic nitrogens is 1. The lowest BCUT2D eigenvalue weighted by molar-refractivity contribution is 0.297. The first-order chi connectivity index (χ1) is 9.62. The summed E-state index contributed by atoms with van der Waals surface area (Å²) < 4.78 is 12.0. The third-order valence-corrected chi connectivity index (χ3v) is 3.54. The van der Waals surface area contributed by atoms with Crippen LogP contribution in [0.5, 0.6) is 11.5 Å². The topological polar surface area (TPSA) is 31.4 Å². The number of hydrogen-bond donors (Lipinski definition) is 0. The molecule has 0 fully saturated rings. The van der Waals surface area contributed by atoms with Crippen LogP contribution in [-0.2, 0) is 12.5 Å². The van der Waals surface area contributed by atoms with Crippen LogP contribution >= 0.6 is 27.5 Å². The van der Waals surface area contributed by atoms with Crippen LogP contribution in [-0.4, -0.2) is 12.1 Å². The van der Waals surface area contributed by atoms with Gasteiger partial charge >= 0.3 is 0 Å². The van der Waals surface area contributed by atoms with E-state index in [0.29, 0.717) is 12.5 Å². The van der Waals surface area contributed by atoms with Crippen molar-refractivity contribution in [2.45, 2.75) is 19.4 Å². The van der Waals surface area contributed by atoms with Crippen molar-refractivity contribution in [2.75, 3.05) is 7.11 Å². The van der Waals surface area contributed by atoms with Gasteiger partial charge in [0.25, 0.3) is 0 Å². The lowest BCUT2D eigenvalue weighted by atomic mass is 10.2. The van der Waals surface area contributed by atoms with E-state index >= 15 is 0 Å². The molecule has 0 atom stereocenters. The van der Waals surface area contributed by atoms with Crippen LogP contribution < -0.4 is 9.47 Å². The minimum Gasteiger partial charge on any atom is -0.497 e. The van der Waals surface area contributed by atoms with Crippen molar-refractivity contribution in [3.05, 3.63) is 51.8 Å². The van der Waals surface area contributed by atoms with Gasteiger partial charge in [-0.25, -0.2) is 0 Å². The van der Waals surface area contributed by atoms with Crippen LogP contribution in [0.4, 0.5) is 0 Å². The average Bonchev–Trinajstić information content (AvgIpc) is 2.45. The Bertz CT molecular complexity index is 604. The molecule has 3 nitrogen and oxygen atoms in total. The molecule has 0 unspecified atom stereocenters. The molecule has 0 aliphatic heterocycles. The molecule has 0 radical (unpaired) electrons. The van der Waals surface area contributed by atoms with E-state index in [1.54, 1.807) is 7.11 Å². The number of benzene rings is 1. The highest BCUT2D eigenvalue weighted by molar-refractivity contribution is 9.10. The highest BCUT2D eigenvalue weighted by Crippen LogP contribution is 2.25. The zero-order chi connectivity index (χ0) is 14.5. The number of methoxy groups -OCH3 is 1. The Hall–Kier alpha value is -1.26. The molecule has 2 aromatic rings. The molecule has 0 amide bonds. The molecule has 2 rings (SSSR count). The van der Waals surface area contributed by atoms with Gasteiger partial charge in [0.05, 0.1) is 18.7 Å². The van der Waals surface area contributed by atoms with Crippen molar-refractivity contribution in [2.24, 2.45) is 0 Å². The maximum absolute atomic E-state index is 5.92. The quantitative estimate of drug-likeness (QED) is 0.740. The summed E-state index contributed by atoms with van der Waals surface area (Å²) in [5, 5.41) is 0. The largest absolute Gasteiger partial charge is 0.497 e. The second-order valence-corrected chi connectivity index (χ2v) is 5.50. The van der Waals surface area contributed by atoms with Gasteiger partial charge in [-0.15, -0.1) is 11.6 Å². The standard InChI is InChI=1S/C15H15BrClNO2/c1-10-5-14(19-2)7-13(18-10)9-20-15-4-3-12(16)6-11(15)8-17/h3-7H,8-9H2,1-2H3. The second-order valence-electron chi connectivity index (χ2n) is 4.31. The van der Waals surface area contributed by atoms with Crippen molar-refractivity contribution in [1.82, 2.24) is 4.98 Å². The summed E-state index contributed by atoms with van der Waals surface area (Å²) in [7, 11) is 1.64. The lowest BCUT2D eigenvalue weighted by Gasteiger charge is -2.11. The number of aryl methyl sites for hydroxylation is 1. The molecule has 0 saturated heterocycles. The molecule has 20 heavy (non-hydrogen) atoms. The summed E-state index contributed by atoms with van der Waals surface area (Å²) in [6.07, 6.45) is 0. The minimum atomic E-state index is 0.379. The summed E-state index contributed by atoms with van der Waals surface area (Å²) in [6.45, 7) is 2.30. The highest BCUT2D eigenvalue weighted by Gasteiger charge is 2.06. The minimum absolute atomic E-state index is 0.379. The smallest absolute Gasteiger partial charge is 0.130 e. The molecule has 0 spiro atoms. The fourth-order valence-corrected chi connectivity index (χ4v) is 2.46. The Morgan fingerprint density at radius 1 is 1.25 bits per heavy atom. The van der Waals surface area contributed by atoms with E-state index in [1.165, 1.54) is 0 Å². The first-order valence-corrected chi connectivity index (χ1v) is 7.44. The summed E-state index contributed by atoms with van der Waals surface area (Å²) >= 11 is 9.34. The van der Waals surface area contributed by atoms with Crippen molar-refractivity contribution in [3.8, 4) is 11.5 Å². The molecule has 106 valence electrons. The van der Waals surface area contributed by atoms with Crippen molar-refractivity contribution in [1.29, 1.82) is 0 Å². The molecular weight excluding hydrogens is 342 g/mol. The average molecular weight is 357 g/mol. The number of pyridine rings is 1. The molecule has 0 saturated carbocycles. The van der Waals surface area contributed by atoms with Gasteiger partial charge in [0, 0.05) is 27.9 Å². The predicted molar refractivity (Wildman–Crippen MR) is 83.6 cm³/mol. The first-order valence-electron chi connectivity index (χ1n) is 6.11. The predicted octanol–water partition coefficient (Wildman–Crippen LogP) is 4.48. The lowest BCUT2D eigenvalue weighted by Crippen LogP contribution is -2.02. The van der Waals surface area contributed by atoms with E-state index in [0.717, 1.165) is 32.9 Å². The Morgan fingerprint density at radius 3 is 2.75 bits per heavy atom. The maximum Gasteiger partial charge on any atom is 0.130 e. The molecule has 1 aromatic heterocycles. The summed E-state index contributed by atoms with van der Waals surface area (Å²) in [6, 6.07) is 9.52. The Balaban J connectivity index is 2.14. The van der Waals surface area contributed by atoms with Crippen LogP contribution in [0.15, 0.2) is 34.8 Å². The Labute approximate surface area is 132 Å². The van der Waals surface area contributed by atoms with Gasteiger partial charge in [0.15, 0.2) is 0 Å². The van der Waals surface area contributed by atoms with Gasteiger partial charge in [-0.1, -0.05) is 15.9 Å². The fraction of sp³-hybridized carbons (Fsp3) is 0.267. The van der Waals surface area contributed by atoms with Crippen LogP contribution in [0.3, 0.4) is 0 Å². The van der Waals surface area contributed by atoms with E-state index in [4.69, 9.17) is 21.1 Å². The van der Waals surface area contributed by atoms with E-state index < -0.39 is 0 Å². The number of halogens is 2. The van der Waals surface area contributed by atoms with Gasteiger partial charge in [0.1, 0.15) is 18.1 Å². The second kappa shape index (κ2) is 6.95. The number of nitrogens with zero attached hydrogens (tertiary/aromatic N) is 1. The SMILES string of the molecule is COc1cc(C)nc(COc2ccc(Br)cc2CCl)c1. The van der Waals surface area contributed by atoms with E-state index in [2.05, 4.69) is 20.9 Å². The highest BCUT2D eigenvalue weighted by atomic mass is 79.9. The summed E-state index contributed by atoms with van der Waals surface area (Å²) in [4.78, 5) is 4.42. The van der Waals surface area contributed by atoms with Crippen LogP contribution in [0.2, 0.25) is 0 Å². The van der Waals surface area contributed by atoms with E-state index in [-0.39, 0.29) is 0 Å². The van der Waals surface area contributed by atoms with Crippen LogP contribution in [0.25, 0.3) is 0 Å². The molecule has 1 aromatic carbocycles. The summed E-state index contributed by atoms with van der Waals surface area (Å²) in [5.41, 5.74) is 2.67. The third kappa shape index (κ3) is 3.87. The van der Waals surface area contributed by atoms with E-state index in [9.17, 15) is 0 Å². The van der Waals surface area contributed by atoms with Gasteiger partial charge in [-0.2, -0.15) is 0 Å². The molecule has 0 aliphatic carbocycles. The first kappa shape index (κ1) is 15.1.